The van der Waals surface area contributed by atoms with E-state index in [1.54, 1.807) is 18.2 Å². The smallest absolute Gasteiger partial charge is 0.250 e. The molecule has 1 aromatic carbocycles. The van der Waals surface area contributed by atoms with Crippen molar-refractivity contribution in [2.75, 3.05) is 18.4 Å². The zero-order valence-corrected chi connectivity index (χ0v) is 13.9. The van der Waals surface area contributed by atoms with E-state index in [1.807, 2.05) is 16.7 Å². The van der Waals surface area contributed by atoms with Crippen LogP contribution in [-0.4, -0.2) is 27.7 Å². The first-order valence-electron chi connectivity index (χ1n) is 8.11. The number of halogens is 1. The Bertz CT molecular complexity index is 833. The summed E-state index contributed by atoms with van der Waals surface area (Å²) < 4.78 is 14.9. The second kappa shape index (κ2) is 6.02. The molecular formula is C18H18FN3OS. The molecule has 0 saturated carbocycles. The molecule has 0 spiro atoms. The van der Waals surface area contributed by atoms with Gasteiger partial charge in [-0.05, 0) is 54.9 Å². The summed E-state index contributed by atoms with van der Waals surface area (Å²) in [6.45, 7) is 2.39. The molecule has 4 nitrogen and oxygen atoms in total. The number of nitrogens with one attached hydrogen (secondary N) is 1. The second-order valence-corrected chi connectivity index (χ2v) is 6.93. The van der Waals surface area contributed by atoms with Crippen LogP contribution in [0.15, 0.2) is 47.3 Å². The van der Waals surface area contributed by atoms with Crippen LogP contribution < -0.4 is 10.9 Å². The number of aromatic nitrogens is 1. The molecule has 3 heterocycles. The molecule has 124 valence electrons. The zero-order valence-electron chi connectivity index (χ0n) is 13.1. The Labute approximate surface area is 144 Å². The van der Waals surface area contributed by atoms with Crippen molar-refractivity contribution >= 4 is 23.0 Å². The maximum absolute atomic E-state index is 13.0. The molecule has 4 rings (SSSR count). The Kier molecular flexibility index (Phi) is 3.84. The first-order chi connectivity index (χ1) is 11.6. The molecule has 24 heavy (non-hydrogen) atoms. The normalized spacial score (nSPS) is 22.0. The van der Waals surface area contributed by atoms with Crippen molar-refractivity contribution in [3.8, 4) is 0 Å². The van der Waals surface area contributed by atoms with E-state index in [1.165, 1.54) is 12.1 Å². The molecule has 6 heteroatoms. The minimum Gasteiger partial charge on any atom is -0.348 e. The highest BCUT2D eigenvalue weighted by atomic mass is 32.1. The van der Waals surface area contributed by atoms with Gasteiger partial charge in [0.1, 0.15) is 5.82 Å². The van der Waals surface area contributed by atoms with Crippen molar-refractivity contribution in [1.82, 2.24) is 9.47 Å². The number of anilines is 1. The quantitative estimate of drug-likeness (QED) is 0.808. The van der Waals surface area contributed by atoms with Crippen LogP contribution in [0.25, 0.3) is 0 Å². The number of rotatable bonds is 1. The third-order valence-corrected chi connectivity index (χ3v) is 5.22. The Balaban J connectivity index is 1.52. The second-order valence-electron chi connectivity index (χ2n) is 6.54. The van der Waals surface area contributed by atoms with Crippen LogP contribution in [0, 0.1) is 11.7 Å². The highest BCUT2D eigenvalue weighted by Gasteiger charge is 2.35. The molecule has 1 N–H and O–H groups in total. The van der Waals surface area contributed by atoms with Gasteiger partial charge in [0.25, 0.3) is 5.56 Å². The predicted molar refractivity (Wildman–Crippen MR) is 95.7 cm³/mol. The van der Waals surface area contributed by atoms with Crippen LogP contribution in [0.1, 0.15) is 18.0 Å². The monoisotopic (exact) mass is 343 g/mol. The lowest BCUT2D eigenvalue weighted by molar-refractivity contribution is 0.180. The molecule has 1 saturated heterocycles. The lowest BCUT2D eigenvalue weighted by Crippen LogP contribution is -2.50. The number of likely N-dealkylation sites (tertiary alicyclic amines) is 1. The van der Waals surface area contributed by atoms with E-state index in [0.717, 1.165) is 37.4 Å². The first-order valence-corrected chi connectivity index (χ1v) is 8.52. The fraction of sp³-hybridized carbons (Fsp3) is 0.333. The van der Waals surface area contributed by atoms with Gasteiger partial charge in [-0.25, -0.2) is 4.39 Å². The number of hydrogen-bond acceptors (Lipinski definition) is 2. The molecule has 0 amide bonds. The van der Waals surface area contributed by atoms with Crippen LogP contribution in [0.4, 0.5) is 10.1 Å². The minimum atomic E-state index is -0.263. The van der Waals surface area contributed by atoms with Gasteiger partial charge < -0.3 is 14.8 Å². The third kappa shape index (κ3) is 2.82. The summed E-state index contributed by atoms with van der Waals surface area (Å²) in [7, 11) is 0. The van der Waals surface area contributed by atoms with E-state index in [2.05, 4.69) is 10.2 Å². The van der Waals surface area contributed by atoms with Crippen molar-refractivity contribution in [2.45, 2.75) is 18.9 Å². The van der Waals surface area contributed by atoms with Gasteiger partial charge in [-0.1, -0.05) is 6.07 Å². The molecule has 0 unspecified atom stereocenters. The summed E-state index contributed by atoms with van der Waals surface area (Å²) in [5.74, 6) is 0.477. The summed E-state index contributed by atoms with van der Waals surface area (Å²) in [6.07, 6.45) is 1.10. The fourth-order valence-electron chi connectivity index (χ4n) is 3.80. The molecule has 2 aromatic rings. The Morgan fingerprint density at radius 2 is 1.92 bits per heavy atom. The fourth-order valence-corrected chi connectivity index (χ4v) is 4.06. The van der Waals surface area contributed by atoms with Gasteiger partial charge in [0.15, 0.2) is 5.11 Å². The average molecular weight is 343 g/mol. The van der Waals surface area contributed by atoms with Gasteiger partial charge in [-0.2, -0.15) is 0 Å². The highest BCUT2D eigenvalue weighted by Crippen LogP contribution is 2.35. The summed E-state index contributed by atoms with van der Waals surface area (Å²) in [5.41, 5.74) is 1.98. The van der Waals surface area contributed by atoms with Gasteiger partial charge in [-0.3, -0.25) is 4.79 Å². The van der Waals surface area contributed by atoms with Crippen LogP contribution in [0.5, 0.6) is 0 Å². The predicted octanol–water partition coefficient (Wildman–Crippen LogP) is 2.80. The Morgan fingerprint density at radius 1 is 1.12 bits per heavy atom. The van der Waals surface area contributed by atoms with Gasteiger partial charge in [0.05, 0.1) is 0 Å². The maximum Gasteiger partial charge on any atom is 0.250 e. The van der Waals surface area contributed by atoms with Crippen molar-refractivity contribution < 1.29 is 4.39 Å². The van der Waals surface area contributed by atoms with E-state index in [-0.39, 0.29) is 11.4 Å². The lowest BCUT2D eigenvalue weighted by Gasteiger charge is -2.43. The van der Waals surface area contributed by atoms with Crippen LogP contribution in [0.3, 0.4) is 0 Å². The molecule has 1 aromatic heterocycles. The third-order valence-electron chi connectivity index (χ3n) is 4.86. The van der Waals surface area contributed by atoms with Gasteiger partial charge in [-0.15, -0.1) is 0 Å². The van der Waals surface area contributed by atoms with E-state index in [4.69, 9.17) is 12.2 Å². The summed E-state index contributed by atoms with van der Waals surface area (Å²) >= 11 is 5.54. The molecular weight excluding hydrogens is 325 g/mol. The minimum absolute atomic E-state index is 0.0858. The number of nitrogens with zero attached hydrogens (tertiary/aromatic N) is 2. The molecule has 0 aliphatic carbocycles. The summed E-state index contributed by atoms with van der Waals surface area (Å²) in [6, 6.07) is 11.7. The number of hydrogen-bond donors (Lipinski definition) is 1. The number of benzene rings is 1. The summed E-state index contributed by atoms with van der Waals surface area (Å²) in [5, 5.41) is 3.84. The van der Waals surface area contributed by atoms with Crippen LogP contribution >= 0.6 is 12.2 Å². The molecule has 2 bridgehead atoms. The number of pyridine rings is 1. The average Bonchev–Trinajstić information content (AvgIpc) is 2.58. The van der Waals surface area contributed by atoms with E-state index in [9.17, 15) is 9.18 Å². The van der Waals surface area contributed by atoms with Crippen LogP contribution in [-0.2, 0) is 6.54 Å². The molecule has 0 radical (unpaired) electrons. The van der Waals surface area contributed by atoms with Crippen molar-refractivity contribution in [3.05, 3.63) is 64.3 Å². The van der Waals surface area contributed by atoms with Crippen molar-refractivity contribution in [1.29, 1.82) is 0 Å². The SMILES string of the molecule is O=c1cccc2n1C[C@@H]1C[C@H]2CN(C(=S)Nc2ccc(F)cc2)C1. The van der Waals surface area contributed by atoms with Crippen molar-refractivity contribution in [2.24, 2.45) is 5.92 Å². The van der Waals surface area contributed by atoms with Gasteiger partial charge >= 0.3 is 0 Å². The number of piperidine rings is 1. The first kappa shape index (κ1) is 15.3. The largest absolute Gasteiger partial charge is 0.348 e. The van der Waals surface area contributed by atoms with Crippen molar-refractivity contribution in [3.63, 3.8) is 0 Å². The Hall–Kier alpha value is -2.21. The lowest BCUT2D eigenvalue weighted by atomic mass is 9.83. The van der Waals surface area contributed by atoms with Gasteiger partial charge in [0, 0.05) is 43.0 Å². The summed E-state index contributed by atoms with van der Waals surface area (Å²) in [4.78, 5) is 14.2. The number of fused-ring (bicyclic) bond motifs is 4. The molecule has 2 aliphatic rings. The van der Waals surface area contributed by atoms with E-state index in [0.29, 0.717) is 16.9 Å². The van der Waals surface area contributed by atoms with E-state index < -0.39 is 0 Å². The molecule has 2 atom stereocenters. The number of thiocarbonyl (C=S) groups is 1. The highest BCUT2D eigenvalue weighted by molar-refractivity contribution is 7.80. The van der Waals surface area contributed by atoms with E-state index >= 15 is 0 Å². The topological polar surface area (TPSA) is 37.3 Å². The standard InChI is InChI=1S/C18H18FN3OS/c19-14-4-6-15(7-5-14)20-18(24)21-9-12-8-13(11-21)16-2-1-3-17(23)22(16)10-12/h1-7,12-13H,8-11H2,(H,20,24)/t12-,13+/m1/s1. The molecule has 2 aliphatic heterocycles. The molecule has 1 fully saturated rings. The van der Waals surface area contributed by atoms with Crippen LogP contribution in [0.2, 0.25) is 0 Å². The Morgan fingerprint density at radius 3 is 2.71 bits per heavy atom. The maximum atomic E-state index is 13.0. The van der Waals surface area contributed by atoms with Gasteiger partial charge in [0.2, 0.25) is 0 Å². The zero-order chi connectivity index (χ0) is 16.7.